The van der Waals surface area contributed by atoms with Gasteiger partial charge in [-0.1, -0.05) is 0 Å². The molecule has 2 aromatic rings. The molecule has 0 saturated carbocycles. The standard InChI is InChI=1S/C12H15N3O2/c1-16-10-6-4-9(5-7-10)12-15-14-11(17-12)3-2-8-13/h4-7H,2-3,8,13H2,1H3. The Kier molecular flexibility index (Phi) is 3.72. The first kappa shape index (κ1) is 11.6. The lowest BCUT2D eigenvalue weighted by Gasteiger charge is -1.99. The van der Waals surface area contributed by atoms with Gasteiger partial charge in [0.15, 0.2) is 0 Å². The quantitative estimate of drug-likeness (QED) is 0.849. The molecule has 90 valence electrons. The van der Waals surface area contributed by atoms with Crippen molar-refractivity contribution in [2.45, 2.75) is 12.8 Å². The van der Waals surface area contributed by atoms with Crippen LogP contribution in [0.1, 0.15) is 12.3 Å². The topological polar surface area (TPSA) is 74.2 Å². The van der Waals surface area contributed by atoms with Crippen LogP contribution in [0.4, 0.5) is 0 Å². The summed E-state index contributed by atoms with van der Waals surface area (Å²) in [5, 5.41) is 7.97. The highest BCUT2D eigenvalue weighted by Crippen LogP contribution is 2.21. The molecule has 1 aromatic heterocycles. The van der Waals surface area contributed by atoms with Crippen LogP contribution >= 0.6 is 0 Å². The van der Waals surface area contributed by atoms with Crippen molar-refractivity contribution in [1.82, 2.24) is 10.2 Å². The number of methoxy groups -OCH3 is 1. The van der Waals surface area contributed by atoms with Crippen molar-refractivity contribution in [2.75, 3.05) is 13.7 Å². The zero-order chi connectivity index (χ0) is 12.1. The lowest BCUT2D eigenvalue weighted by atomic mass is 10.2. The van der Waals surface area contributed by atoms with Crippen molar-refractivity contribution in [3.63, 3.8) is 0 Å². The second-order valence-corrected chi connectivity index (χ2v) is 3.62. The minimum absolute atomic E-state index is 0.527. The van der Waals surface area contributed by atoms with Crippen LogP contribution in [0.3, 0.4) is 0 Å². The minimum Gasteiger partial charge on any atom is -0.497 e. The Balaban J connectivity index is 2.12. The fourth-order valence-corrected chi connectivity index (χ4v) is 1.46. The fourth-order valence-electron chi connectivity index (χ4n) is 1.46. The largest absolute Gasteiger partial charge is 0.497 e. The number of hydrogen-bond acceptors (Lipinski definition) is 5. The first-order valence-corrected chi connectivity index (χ1v) is 5.50. The molecule has 1 aromatic carbocycles. The van der Waals surface area contributed by atoms with Crippen molar-refractivity contribution >= 4 is 0 Å². The van der Waals surface area contributed by atoms with E-state index in [1.807, 2.05) is 24.3 Å². The first-order valence-electron chi connectivity index (χ1n) is 5.50. The fraction of sp³-hybridized carbons (Fsp3) is 0.333. The van der Waals surface area contributed by atoms with Crippen LogP contribution in [-0.2, 0) is 6.42 Å². The maximum absolute atomic E-state index is 5.53. The van der Waals surface area contributed by atoms with Gasteiger partial charge in [-0.25, -0.2) is 0 Å². The average Bonchev–Trinajstić information content (AvgIpc) is 2.85. The van der Waals surface area contributed by atoms with Crippen LogP contribution in [0.5, 0.6) is 5.75 Å². The number of nitrogens with zero attached hydrogens (tertiary/aromatic N) is 2. The predicted octanol–water partition coefficient (Wildman–Crippen LogP) is 1.64. The Morgan fingerprint density at radius 3 is 2.65 bits per heavy atom. The molecule has 0 unspecified atom stereocenters. The third-order valence-corrected chi connectivity index (χ3v) is 2.40. The maximum atomic E-state index is 5.53. The number of aryl methyl sites for hydroxylation is 1. The van der Waals surface area contributed by atoms with E-state index < -0.39 is 0 Å². The van der Waals surface area contributed by atoms with Gasteiger partial charge in [-0.15, -0.1) is 10.2 Å². The van der Waals surface area contributed by atoms with E-state index in [0.717, 1.165) is 24.2 Å². The minimum atomic E-state index is 0.527. The molecule has 0 bridgehead atoms. The van der Waals surface area contributed by atoms with E-state index in [9.17, 15) is 0 Å². The van der Waals surface area contributed by atoms with Crippen molar-refractivity contribution < 1.29 is 9.15 Å². The third-order valence-electron chi connectivity index (χ3n) is 2.40. The van der Waals surface area contributed by atoms with Crippen molar-refractivity contribution in [1.29, 1.82) is 0 Å². The van der Waals surface area contributed by atoms with E-state index in [0.29, 0.717) is 18.3 Å². The summed E-state index contributed by atoms with van der Waals surface area (Å²) in [6.07, 6.45) is 1.57. The van der Waals surface area contributed by atoms with Gasteiger partial charge in [0, 0.05) is 12.0 Å². The molecule has 17 heavy (non-hydrogen) atoms. The summed E-state index contributed by atoms with van der Waals surface area (Å²) in [5.74, 6) is 1.96. The number of benzene rings is 1. The molecule has 5 nitrogen and oxygen atoms in total. The lowest BCUT2D eigenvalue weighted by Crippen LogP contribution is -2.00. The molecule has 2 rings (SSSR count). The van der Waals surface area contributed by atoms with Gasteiger partial charge in [0.05, 0.1) is 7.11 Å². The third kappa shape index (κ3) is 2.82. The Bertz CT molecular complexity index is 465. The van der Waals surface area contributed by atoms with E-state index in [2.05, 4.69) is 10.2 Å². The molecule has 0 amide bonds. The molecule has 5 heteroatoms. The number of hydrogen-bond donors (Lipinski definition) is 1. The van der Waals surface area contributed by atoms with Crippen LogP contribution in [-0.4, -0.2) is 23.9 Å². The van der Waals surface area contributed by atoms with E-state index in [1.54, 1.807) is 7.11 Å². The van der Waals surface area contributed by atoms with Gasteiger partial charge in [0.2, 0.25) is 11.8 Å². The maximum Gasteiger partial charge on any atom is 0.247 e. The molecule has 0 aliphatic carbocycles. The van der Waals surface area contributed by atoms with E-state index in [4.69, 9.17) is 14.9 Å². The molecule has 2 N–H and O–H groups in total. The predicted molar refractivity (Wildman–Crippen MR) is 63.7 cm³/mol. The molecular weight excluding hydrogens is 218 g/mol. The smallest absolute Gasteiger partial charge is 0.247 e. The Morgan fingerprint density at radius 1 is 1.24 bits per heavy atom. The van der Waals surface area contributed by atoms with Gasteiger partial charge in [-0.2, -0.15) is 0 Å². The molecule has 0 saturated heterocycles. The highest BCUT2D eigenvalue weighted by Gasteiger charge is 2.07. The Morgan fingerprint density at radius 2 is 2.00 bits per heavy atom. The highest BCUT2D eigenvalue weighted by atomic mass is 16.5. The molecule has 0 spiro atoms. The van der Waals surface area contributed by atoms with E-state index in [-0.39, 0.29) is 0 Å². The van der Waals surface area contributed by atoms with E-state index in [1.165, 1.54) is 0 Å². The lowest BCUT2D eigenvalue weighted by molar-refractivity contribution is 0.415. The van der Waals surface area contributed by atoms with Crippen molar-refractivity contribution in [3.8, 4) is 17.2 Å². The second-order valence-electron chi connectivity index (χ2n) is 3.62. The molecule has 0 atom stereocenters. The summed E-state index contributed by atoms with van der Waals surface area (Å²) in [4.78, 5) is 0. The molecular formula is C12H15N3O2. The molecule has 0 radical (unpaired) electrons. The van der Waals surface area contributed by atoms with Gasteiger partial charge in [0.1, 0.15) is 5.75 Å². The molecule has 0 aliphatic heterocycles. The van der Waals surface area contributed by atoms with Crippen molar-refractivity contribution in [2.24, 2.45) is 5.73 Å². The normalized spacial score (nSPS) is 10.5. The Hall–Kier alpha value is -1.88. The van der Waals surface area contributed by atoms with Gasteiger partial charge in [-0.05, 0) is 37.2 Å². The van der Waals surface area contributed by atoms with Crippen LogP contribution in [0.2, 0.25) is 0 Å². The summed E-state index contributed by atoms with van der Waals surface area (Å²) in [6.45, 7) is 0.625. The first-order chi connectivity index (χ1) is 8.33. The van der Waals surface area contributed by atoms with Crippen LogP contribution in [0.25, 0.3) is 11.5 Å². The molecule has 0 aliphatic rings. The monoisotopic (exact) mass is 233 g/mol. The van der Waals surface area contributed by atoms with Gasteiger partial charge < -0.3 is 14.9 Å². The second kappa shape index (κ2) is 5.45. The van der Waals surface area contributed by atoms with Crippen molar-refractivity contribution in [3.05, 3.63) is 30.2 Å². The van der Waals surface area contributed by atoms with Crippen LogP contribution in [0, 0.1) is 0 Å². The number of ether oxygens (including phenoxy) is 1. The van der Waals surface area contributed by atoms with Crippen LogP contribution < -0.4 is 10.5 Å². The average molecular weight is 233 g/mol. The number of rotatable bonds is 5. The zero-order valence-corrected chi connectivity index (χ0v) is 9.72. The van der Waals surface area contributed by atoms with Crippen LogP contribution in [0.15, 0.2) is 28.7 Å². The van der Waals surface area contributed by atoms with E-state index >= 15 is 0 Å². The molecule has 0 fully saturated rings. The zero-order valence-electron chi connectivity index (χ0n) is 9.72. The van der Waals surface area contributed by atoms with Gasteiger partial charge in [-0.3, -0.25) is 0 Å². The number of nitrogens with two attached hydrogens (primary N) is 1. The highest BCUT2D eigenvalue weighted by molar-refractivity contribution is 5.53. The van der Waals surface area contributed by atoms with Gasteiger partial charge >= 0.3 is 0 Å². The summed E-state index contributed by atoms with van der Waals surface area (Å²) in [6, 6.07) is 7.50. The SMILES string of the molecule is COc1ccc(-c2nnc(CCCN)o2)cc1. The number of aromatic nitrogens is 2. The Labute approximate surface area is 99.6 Å². The summed E-state index contributed by atoms with van der Waals surface area (Å²) < 4.78 is 10.6. The summed E-state index contributed by atoms with van der Waals surface area (Å²) >= 11 is 0. The van der Waals surface area contributed by atoms with Gasteiger partial charge in [0.25, 0.3) is 0 Å². The molecule has 1 heterocycles. The summed E-state index contributed by atoms with van der Waals surface area (Å²) in [5.41, 5.74) is 6.31. The summed E-state index contributed by atoms with van der Waals surface area (Å²) in [7, 11) is 1.63.